The number of rotatable bonds is 4. The molecule has 3 N–H and O–H groups in total. The number of nitrogens with zero attached hydrogens (tertiary/aromatic N) is 2. The van der Waals surface area contributed by atoms with E-state index in [9.17, 15) is 33.9 Å². The van der Waals surface area contributed by atoms with Crippen LogP contribution in [-0.2, 0) is 49.4 Å². The summed E-state index contributed by atoms with van der Waals surface area (Å²) >= 11 is 0. The van der Waals surface area contributed by atoms with Gasteiger partial charge in [0.15, 0.2) is 0 Å². The number of likely N-dealkylation sites (N-methyl/N-ethyl adjacent to an activating group) is 1. The van der Waals surface area contributed by atoms with Crippen molar-refractivity contribution in [1.29, 1.82) is 0 Å². The second kappa shape index (κ2) is 16.5. The number of nitrogens with one attached hydrogen (secondary N) is 2. The van der Waals surface area contributed by atoms with Crippen LogP contribution in [0.5, 0.6) is 0 Å². The number of ketones is 1. The Hall–Kier alpha value is -3.88. The molecule has 4 amide bonds. The monoisotopic (exact) mass is 672 g/mol. The van der Waals surface area contributed by atoms with Crippen LogP contribution in [0.3, 0.4) is 0 Å². The van der Waals surface area contributed by atoms with Crippen molar-refractivity contribution in [3.63, 3.8) is 0 Å². The number of benzene rings is 1. The van der Waals surface area contributed by atoms with Crippen molar-refractivity contribution in [2.45, 2.75) is 101 Å². The van der Waals surface area contributed by atoms with Crippen LogP contribution >= 0.6 is 0 Å². The summed E-state index contributed by atoms with van der Waals surface area (Å²) in [7, 11) is 2.83. The molecule has 3 aliphatic heterocycles. The Labute approximate surface area is 280 Å². The Bertz CT molecular complexity index is 1340. The molecule has 6 unspecified atom stereocenters. The number of esters is 1. The standard InChI is InChI=1S/C34H48N4O10/c1-21-13-15-24-18-27(46-4)22(2)47-29(40)20-37(3)28(39)19-35-31(42)25(16-14-23-10-6-5-7-11-23)36-32(43)26-12-8-9-17-38(26)33(44)30(41)34(21,45)48-24/h5-7,10-11,21-22,24-27,45H,8-9,12-20H2,1-4H3,(H,35,42)(H,36,43)/t21?,22?,24?,25-,26?,27?,34?/m1/s1. The van der Waals surface area contributed by atoms with E-state index in [1.54, 1.807) is 13.8 Å². The van der Waals surface area contributed by atoms with E-state index < -0.39 is 90.6 Å². The van der Waals surface area contributed by atoms with Crippen LogP contribution in [-0.4, -0.2) is 120 Å². The third-order valence-electron chi connectivity index (χ3n) is 9.56. The quantitative estimate of drug-likeness (QED) is 0.301. The number of aryl methyl sites for hydroxylation is 1. The Morgan fingerprint density at radius 3 is 2.44 bits per heavy atom. The number of amides is 4. The van der Waals surface area contributed by atoms with Crippen LogP contribution in [0.25, 0.3) is 0 Å². The molecule has 48 heavy (non-hydrogen) atoms. The lowest BCUT2D eigenvalue weighted by Crippen LogP contribution is -2.62. The predicted octanol–water partition coefficient (Wildman–Crippen LogP) is 0.483. The number of ether oxygens (including phenoxy) is 3. The van der Waals surface area contributed by atoms with Crippen LogP contribution in [0, 0.1) is 5.92 Å². The highest BCUT2D eigenvalue weighted by Gasteiger charge is 2.53. The first-order valence-electron chi connectivity index (χ1n) is 16.7. The van der Waals surface area contributed by atoms with E-state index in [0.717, 1.165) is 15.4 Å². The number of piperidine rings is 1. The molecule has 3 aliphatic rings. The fourth-order valence-corrected chi connectivity index (χ4v) is 6.49. The second-order valence-electron chi connectivity index (χ2n) is 13.0. The summed E-state index contributed by atoms with van der Waals surface area (Å²) in [6, 6.07) is 7.20. The van der Waals surface area contributed by atoms with Crippen LogP contribution in [0.15, 0.2) is 30.3 Å². The van der Waals surface area contributed by atoms with Gasteiger partial charge in [0.1, 0.15) is 24.7 Å². The zero-order valence-electron chi connectivity index (χ0n) is 28.1. The van der Waals surface area contributed by atoms with Crippen LogP contribution in [0.4, 0.5) is 0 Å². The summed E-state index contributed by atoms with van der Waals surface area (Å²) < 4.78 is 17.1. The van der Waals surface area contributed by atoms with Gasteiger partial charge in [-0.1, -0.05) is 37.3 Å². The van der Waals surface area contributed by atoms with Gasteiger partial charge < -0.3 is 39.8 Å². The minimum absolute atomic E-state index is 0.104. The summed E-state index contributed by atoms with van der Waals surface area (Å²) in [5, 5.41) is 16.9. The fourth-order valence-electron chi connectivity index (χ4n) is 6.49. The Kier molecular flexibility index (Phi) is 12.7. The van der Waals surface area contributed by atoms with Gasteiger partial charge in [0, 0.05) is 33.0 Å². The number of cyclic esters (lactones) is 1. The molecular formula is C34H48N4O10. The minimum atomic E-state index is -2.45. The van der Waals surface area contributed by atoms with Gasteiger partial charge in [-0.3, -0.25) is 28.8 Å². The van der Waals surface area contributed by atoms with E-state index >= 15 is 0 Å². The van der Waals surface area contributed by atoms with E-state index in [4.69, 9.17) is 14.2 Å². The molecule has 1 aromatic carbocycles. The lowest BCUT2D eigenvalue weighted by molar-refractivity contribution is -0.267. The van der Waals surface area contributed by atoms with E-state index in [0.29, 0.717) is 32.1 Å². The van der Waals surface area contributed by atoms with Crippen molar-refractivity contribution < 1.29 is 48.1 Å². The molecule has 1 aromatic rings. The number of hydrogen-bond donors (Lipinski definition) is 3. The molecule has 0 spiro atoms. The van der Waals surface area contributed by atoms with Gasteiger partial charge in [0.2, 0.25) is 23.5 Å². The van der Waals surface area contributed by atoms with Crippen molar-refractivity contribution in [2.75, 3.05) is 33.8 Å². The van der Waals surface area contributed by atoms with Crippen molar-refractivity contribution >= 4 is 35.4 Å². The van der Waals surface area contributed by atoms with E-state index in [2.05, 4.69) is 10.6 Å². The molecule has 0 aromatic heterocycles. The minimum Gasteiger partial charge on any atom is -0.459 e. The van der Waals surface area contributed by atoms with Gasteiger partial charge in [-0.15, -0.1) is 0 Å². The summed E-state index contributed by atoms with van der Waals surface area (Å²) in [5.74, 6) is -7.89. The molecule has 264 valence electrons. The lowest BCUT2D eigenvalue weighted by Gasteiger charge is -2.43. The summed E-state index contributed by atoms with van der Waals surface area (Å²) in [4.78, 5) is 82.6. The van der Waals surface area contributed by atoms with Crippen molar-refractivity contribution in [2.24, 2.45) is 5.92 Å². The molecule has 14 nitrogen and oxygen atoms in total. The van der Waals surface area contributed by atoms with Gasteiger partial charge in [0.05, 0.1) is 18.8 Å². The molecule has 7 atom stereocenters. The third-order valence-corrected chi connectivity index (χ3v) is 9.56. The maximum atomic E-state index is 13.8. The Balaban J connectivity index is 1.64. The number of Topliss-reactive ketones (excluding diaryl/α,β-unsaturated/α-hetero) is 1. The number of fused-ring (bicyclic) bond motifs is 3. The van der Waals surface area contributed by atoms with Crippen molar-refractivity contribution in [1.82, 2.24) is 20.4 Å². The maximum Gasteiger partial charge on any atom is 0.325 e. The fraction of sp³-hybridized carbons (Fsp3) is 0.647. The number of methoxy groups -OCH3 is 1. The Morgan fingerprint density at radius 2 is 1.73 bits per heavy atom. The van der Waals surface area contributed by atoms with Gasteiger partial charge in [-0.25, -0.2) is 0 Å². The maximum absolute atomic E-state index is 13.8. The van der Waals surface area contributed by atoms with Crippen molar-refractivity contribution in [3.05, 3.63) is 35.9 Å². The number of aliphatic hydroxyl groups is 1. The van der Waals surface area contributed by atoms with Crippen LogP contribution in [0.2, 0.25) is 0 Å². The molecule has 2 bridgehead atoms. The molecule has 4 rings (SSSR count). The Morgan fingerprint density at radius 1 is 1.00 bits per heavy atom. The summed E-state index contributed by atoms with van der Waals surface area (Å²) in [5.41, 5.74) is 0.925. The van der Waals surface area contributed by atoms with Crippen LogP contribution in [0.1, 0.15) is 64.4 Å². The largest absolute Gasteiger partial charge is 0.459 e. The van der Waals surface area contributed by atoms with Gasteiger partial charge in [-0.2, -0.15) is 0 Å². The number of hydrogen-bond acceptors (Lipinski definition) is 10. The third kappa shape index (κ3) is 8.97. The van der Waals surface area contributed by atoms with E-state index in [1.807, 2.05) is 30.3 Å². The number of carbonyl (C=O) groups is 6. The zero-order chi connectivity index (χ0) is 35.0. The molecular weight excluding hydrogens is 624 g/mol. The lowest BCUT2D eigenvalue weighted by atomic mass is 9.85. The highest BCUT2D eigenvalue weighted by molar-refractivity contribution is 6.39. The molecule has 0 saturated carbocycles. The first kappa shape index (κ1) is 36.9. The first-order valence-corrected chi connectivity index (χ1v) is 16.7. The average molecular weight is 673 g/mol. The SMILES string of the molecule is COC1CC2CCC(C)C(O)(O2)C(=O)C(=O)N2CCCCC2C(=O)N[C@H](CCc2ccccc2)C(=O)NCC(=O)N(C)CC(=O)OC1C. The number of carbonyl (C=O) groups excluding carboxylic acids is 6. The highest BCUT2D eigenvalue weighted by Crippen LogP contribution is 2.36. The molecule has 14 heteroatoms. The van der Waals surface area contributed by atoms with Crippen molar-refractivity contribution in [3.8, 4) is 0 Å². The normalized spacial score (nSPS) is 32.0. The van der Waals surface area contributed by atoms with Gasteiger partial charge in [0.25, 0.3) is 11.7 Å². The van der Waals surface area contributed by atoms with E-state index in [-0.39, 0.29) is 25.8 Å². The van der Waals surface area contributed by atoms with Gasteiger partial charge >= 0.3 is 5.97 Å². The molecule has 0 radical (unpaired) electrons. The van der Waals surface area contributed by atoms with Gasteiger partial charge in [-0.05, 0) is 57.4 Å². The average Bonchev–Trinajstić information content (AvgIpc) is 3.08. The summed E-state index contributed by atoms with van der Waals surface area (Å²) in [6.45, 7) is 2.51. The predicted molar refractivity (Wildman–Crippen MR) is 171 cm³/mol. The molecule has 3 heterocycles. The van der Waals surface area contributed by atoms with Crippen LogP contribution < -0.4 is 10.6 Å². The van der Waals surface area contributed by atoms with E-state index in [1.165, 1.54) is 14.2 Å². The topological polar surface area (TPSA) is 181 Å². The highest BCUT2D eigenvalue weighted by atomic mass is 16.6. The first-order chi connectivity index (χ1) is 22.8. The molecule has 0 aliphatic carbocycles. The molecule has 3 fully saturated rings. The second-order valence-corrected chi connectivity index (χ2v) is 13.0. The summed E-state index contributed by atoms with van der Waals surface area (Å²) in [6.07, 6.45) is 0.760. The zero-order valence-corrected chi connectivity index (χ0v) is 28.1. The smallest absolute Gasteiger partial charge is 0.325 e. The molecule has 3 saturated heterocycles.